The molecular weight excluding hydrogens is 287 g/mol. The Labute approximate surface area is 120 Å². The van der Waals surface area contributed by atoms with Gasteiger partial charge in [-0.3, -0.25) is 0 Å². The molecule has 0 spiro atoms. The van der Waals surface area contributed by atoms with E-state index in [1.165, 1.54) is 30.3 Å². The van der Waals surface area contributed by atoms with Crippen LogP contribution in [0.3, 0.4) is 0 Å². The molecule has 2 aromatic carbocycles. The Balaban J connectivity index is 2.49. The monoisotopic (exact) mass is 299 g/mol. The van der Waals surface area contributed by atoms with Crippen LogP contribution in [0.4, 0.5) is 13.2 Å². The molecule has 2 rings (SSSR count). The topological polar surface area (TPSA) is 12.0 Å². The molecule has 0 radical (unpaired) electrons. The summed E-state index contributed by atoms with van der Waals surface area (Å²) >= 11 is 6.02. The van der Waals surface area contributed by atoms with E-state index < -0.39 is 23.5 Å². The molecule has 1 atom stereocenters. The Bertz CT molecular complexity index is 596. The SMILES string of the molecule is CCNC(c1cc(F)cc(F)c1)c1ccc(F)cc1Cl. The van der Waals surface area contributed by atoms with Gasteiger partial charge >= 0.3 is 0 Å². The predicted octanol–water partition coefficient (Wildman–Crippen LogP) is 4.46. The van der Waals surface area contributed by atoms with Gasteiger partial charge in [-0.1, -0.05) is 24.6 Å². The summed E-state index contributed by atoms with van der Waals surface area (Å²) in [6, 6.07) is 6.72. The highest BCUT2D eigenvalue weighted by atomic mass is 35.5. The molecule has 0 aliphatic heterocycles. The van der Waals surface area contributed by atoms with Crippen molar-refractivity contribution in [3.05, 3.63) is 70.0 Å². The van der Waals surface area contributed by atoms with Gasteiger partial charge in [0.1, 0.15) is 17.5 Å². The highest BCUT2D eigenvalue weighted by molar-refractivity contribution is 6.31. The van der Waals surface area contributed by atoms with Gasteiger partial charge in [0.2, 0.25) is 0 Å². The molecule has 0 aliphatic rings. The number of nitrogens with one attached hydrogen (secondary N) is 1. The van der Waals surface area contributed by atoms with E-state index in [2.05, 4.69) is 5.32 Å². The molecule has 106 valence electrons. The smallest absolute Gasteiger partial charge is 0.126 e. The van der Waals surface area contributed by atoms with E-state index in [4.69, 9.17) is 11.6 Å². The minimum Gasteiger partial charge on any atom is -0.306 e. The highest BCUT2D eigenvalue weighted by Gasteiger charge is 2.18. The molecule has 0 saturated heterocycles. The third-order valence-electron chi connectivity index (χ3n) is 2.90. The van der Waals surface area contributed by atoms with Crippen molar-refractivity contribution in [1.82, 2.24) is 5.32 Å². The average Bonchev–Trinajstić information content (AvgIpc) is 2.35. The van der Waals surface area contributed by atoms with Gasteiger partial charge in [-0.2, -0.15) is 0 Å². The molecule has 20 heavy (non-hydrogen) atoms. The zero-order chi connectivity index (χ0) is 14.7. The lowest BCUT2D eigenvalue weighted by Gasteiger charge is -2.20. The molecular formula is C15H13ClF3N. The molecule has 0 heterocycles. The van der Waals surface area contributed by atoms with Crippen molar-refractivity contribution in [3.63, 3.8) is 0 Å². The summed E-state index contributed by atoms with van der Waals surface area (Å²) in [5, 5.41) is 3.30. The maximum Gasteiger partial charge on any atom is 0.126 e. The maximum atomic E-state index is 13.3. The van der Waals surface area contributed by atoms with E-state index in [0.717, 1.165) is 6.07 Å². The van der Waals surface area contributed by atoms with Gasteiger partial charge in [-0.05, 0) is 41.9 Å². The Hall–Kier alpha value is -1.52. The summed E-state index contributed by atoms with van der Waals surface area (Å²) in [6.07, 6.45) is 0. The standard InChI is InChI=1S/C15H13ClF3N/c1-2-20-15(9-5-11(18)7-12(19)6-9)13-4-3-10(17)8-14(13)16/h3-8,15,20H,2H2,1H3. The van der Waals surface area contributed by atoms with Crippen molar-refractivity contribution >= 4 is 11.6 Å². The first-order valence-electron chi connectivity index (χ1n) is 6.15. The third-order valence-corrected chi connectivity index (χ3v) is 3.23. The van der Waals surface area contributed by atoms with Crippen molar-refractivity contribution in [1.29, 1.82) is 0 Å². The number of rotatable bonds is 4. The number of halogens is 4. The van der Waals surface area contributed by atoms with Crippen LogP contribution in [0.25, 0.3) is 0 Å². The van der Waals surface area contributed by atoms with Crippen LogP contribution >= 0.6 is 11.6 Å². The van der Waals surface area contributed by atoms with Crippen LogP contribution in [0.5, 0.6) is 0 Å². The van der Waals surface area contributed by atoms with E-state index >= 15 is 0 Å². The molecule has 0 fully saturated rings. The van der Waals surface area contributed by atoms with Crippen LogP contribution in [0, 0.1) is 17.5 Å². The van der Waals surface area contributed by atoms with Crippen LogP contribution in [0.15, 0.2) is 36.4 Å². The zero-order valence-corrected chi connectivity index (χ0v) is 11.5. The van der Waals surface area contributed by atoms with Gasteiger partial charge in [-0.15, -0.1) is 0 Å². The summed E-state index contributed by atoms with van der Waals surface area (Å²) < 4.78 is 39.8. The molecule has 0 amide bonds. The minimum absolute atomic E-state index is 0.209. The summed E-state index contributed by atoms with van der Waals surface area (Å²) in [7, 11) is 0. The van der Waals surface area contributed by atoms with E-state index in [9.17, 15) is 13.2 Å². The van der Waals surface area contributed by atoms with Gasteiger partial charge in [0.05, 0.1) is 6.04 Å². The van der Waals surface area contributed by atoms with E-state index in [1.807, 2.05) is 6.92 Å². The lowest BCUT2D eigenvalue weighted by atomic mass is 9.98. The molecule has 0 aliphatic carbocycles. The fourth-order valence-electron chi connectivity index (χ4n) is 2.09. The summed E-state index contributed by atoms with van der Waals surface area (Å²) in [4.78, 5) is 0. The molecule has 1 nitrogen and oxygen atoms in total. The fraction of sp³-hybridized carbons (Fsp3) is 0.200. The first-order valence-corrected chi connectivity index (χ1v) is 6.53. The Morgan fingerprint density at radius 1 is 1.00 bits per heavy atom. The molecule has 0 saturated carbocycles. The van der Waals surface area contributed by atoms with Gasteiger partial charge in [-0.25, -0.2) is 13.2 Å². The van der Waals surface area contributed by atoms with Crippen molar-refractivity contribution < 1.29 is 13.2 Å². The Morgan fingerprint density at radius 2 is 1.65 bits per heavy atom. The minimum atomic E-state index is -0.666. The Kier molecular flexibility index (Phi) is 4.68. The number of hydrogen-bond acceptors (Lipinski definition) is 1. The van der Waals surface area contributed by atoms with Crippen molar-refractivity contribution in [3.8, 4) is 0 Å². The van der Waals surface area contributed by atoms with E-state index in [-0.39, 0.29) is 5.02 Å². The summed E-state index contributed by atoms with van der Waals surface area (Å²) in [5.41, 5.74) is 0.970. The molecule has 2 aromatic rings. The van der Waals surface area contributed by atoms with Crippen LogP contribution in [0.1, 0.15) is 24.1 Å². The van der Waals surface area contributed by atoms with Crippen LogP contribution in [0.2, 0.25) is 5.02 Å². The highest BCUT2D eigenvalue weighted by Crippen LogP contribution is 2.29. The van der Waals surface area contributed by atoms with Crippen molar-refractivity contribution in [2.75, 3.05) is 6.54 Å². The molecule has 5 heteroatoms. The van der Waals surface area contributed by atoms with Gasteiger partial charge in [0.15, 0.2) is 0 Å². The largest absolute Gasteiger partial charge is 0.306 e. The van der Waals surface area contributed by atoms with Crippen LogP contribution < -0.4 is 5.32 Å². The molecule has 1 unspecified atom stereocenters. The van der Waals surface area contributed by atoms with Crippen LogP contribution in [-0.2, 0) is 0 Å². The summed E-state index contributed by atoms with van der Waals surface area (Å²) in [5.74, 6) is -1.79. The number of benzene rings is 2. The lowest BCUT2D eigenvalue weighted by molar-refractivity contribution is 0.564. The average molecular weight is 300 g/mol. The van der Waals surface area contributed by atoms with Gasteiger partial charge < -0.3 is 5.32 Å². The van der Waals surface area contributed by atoms with Crippen LogP contribution in [-0.4, -0.2) is 6.54 Å². The Morgan fingerprint density at radius 3 is 2.20 bits per heavy atom. The molecule has 1 N–H and O–H groups in total. The third kappa shape index (κ3) is 3.32. The second kappa shape index (κ2) is 6.29. The molecule has 0 bridgehead atoms. The van der Waals surface area contributed by atoms with Gasteiger partial charge in [0.25, 0.3) is 0 Å². The van der Waals surface area contributed by atoms with Gasteiger partial charge in [0, 0.05) is 11.1 Å². The van der Waals surface area contributed by atoms with Crippen molar-refractivity contribution in [2.24, 2.45) is 0 Å². The normalized spacial score (nSPS) is 12.4. The van der Waals surface area contributed by atoms with E-state index in [0.29, 0.717) is 17.7 Å². The number of hydrogen-bond donors (Lipinski definition) is 1. The van der Waals surface area contributed by atoms with Crippen molar-refractivity contribution in [2.45, 2.75) is 13.0 Å². The quantitative estimate of drug-likeness (QED) is 0.879. The second-order valence-corrected chi connectivity index (χ2v) is 4.77. The first kappa shape index (κ1) is 14.9. The van der Waals surface area contributed by atoms with E-state index in [1.54, 1.807) is 0 Å². The second-order valence-electron chi connectivity index (χ2n) is 4.36. The molecule has 0 aromatic heterocycles. The zero-order valence-electron chi connectivity index (χ0n) is 10.8. The lowest BCUT2D eigenvalue weighted by Crippen LogP contribution is -2.22. The fourth-order valence-corrected chi connectivity index (χ4v) is 2.37. The predicted molar refractivity (Wildman–Crippen MR) is 73.3 cm³/mol. The first-order chi connectivity index (χ1) is 9.51. The summed E-state index contributed by atoms with van der Waals surface area (Å²) in [6.45, 7) is 2.43. The maximum absolute atomic E-state index is 13.3.